The molecule has 1 aromatic heterocycles. The maximum absolute atomic E-state index is 13.5. The minimum Gasteiger partial charge on any atom is -0.477 e. The Morgan fingerprint density at radius 3 is 2.26 bits per heavy atom. The van der Waals surface area contributed by atoms with Crippen LogP contribution in [0.3, 0.4) is 0 Å². The molecule has 0 atom stereocenters. The lowest BCUT2D eigenvalue weighted by Crippen LogP contribution is -2.27. The molecule has 7 heteroatoms. The molecule has 3 aromatic rings. The van der Waals surface area contributed by atoms with Gasteiger partial charge in [0.1, 0.15) is 4.88 Å². The molecule has 0 bridgehead atoms. The second-order valence-electron chi connectivity index (χ2n) is 5.99. The molecule has 3 rings (SSSR count). The number of thiophene rings is 1. The fourth-order valence-electron chi connectivity index (χ4n) is 2.57. The van der Waals surface area contributed by atoms with Gasteiger partial charge < -0.3 is 10.0 Å². The first-order valence-corrected chi connectivity index (χ1v) is 8.77. The highest BCUT2D eigenvalue weighted by molar-refractivity contribution is 7.18. The van der Waals surface area contributed by atoms with Crippen molar-refractivity contribution in [2.24, 2.45) is 0 Å². The second-order valence-corrected chi connectivity index (χ2v) is 7.04. The summed E-state index contributed by atoms with van der Waals surface area (Å²) >= 11 is 0.896. The normalized spacial score (nSPS) is 10.7. The molecule has 4 nitrogen and oxygen atoms in total. The SMILES string of the molecule is Cc1ccc(C(=O)N(C)c2cc(-c3ccc(F)c(F)c3)sc2C(=O)O)cc1. The molecule has 0 aliphatic carbocycles. The van der Waals surface area contributed by atoms with E-state index in [-0.39, 0.29) is 16.5 Å². The summed E-state index contributed by atoms with van der Waals surface area (Å²) in [7, 11) is 1.48. The van der Waals surface area contributed by atoms with Crippen LogP contribution >= 0.6 is 11.3 Å². The van der Waals surface area contributed by atoms with E-state index in [4.69, 9.17) is 0 Å². The predicted octanol–water partition coefficient (Wildman–Crippen LogP) is 4.98. The first-order chi connectivity index (χ1) is 12.8. The van der Waals surface area contributed by atoms with Crippen molar-refractivity contribution < 1.29 is 23.5 Å². The molecule has 2 aromatic carbocycles. The molecular weight excluding hydrogens is 372 g/mol. The monoisotopic (exact) mass is 387 g/mol. The van der Waals surface area contributed by atoms with Gasteiger partial charge in [0, 0.05) is 17.5 Å². The minimum atomic E-state index is -1.20. The van der Waals surface area contributed by atoms with Gasteiger partial charge in [-0.1, -0.05) is 23.8 Å². The summed E-state index contributed by atoms with van der Waals surface area (Å²) in [5.41, 5.74) is 1.94. The van der Waals surface area contributed by atoms with Crippen LogP contribution in [0, 0.1) is 18.6 Å². The van der Waals surface area contributed by atoms with Crippen LogP contribution in [0.1, 0.15) is 25.6 Å². The topological polar surface area (TPSA) is 57.6 Å². The van der Waals surface area contributed by atoms with Crippen molar-refractivity contribution in [2.45, 2.75) is 6.92 Å². The van der Waals surface area contributed by atoms with E-state index < -0.39 is 17.6 Å². The van der Waals surface area contributed by atoms with E-state index in [1.54, 1.807) is 24.3 Å². The van der Waals surface area contributed by atoms with E-state index in [1.165, 1.54) is 24.1 Å². The lowest BCUT2D eigenvalue weighted by Gasteiger charge is -2.17. The first-order valence-electron chi connectivity index (χ1n) is 7.95. The molecule has 1 heterocycles. The number of carboxylic acids is 1. The first kappa shape index (κ1) is 18.7. The summed E-state index contributed by atoms with van der Waals surface area (Å²) in [6.45, 7) is 1.90. The van der Waals surface area contributed by atoms with Gasteiger partial charge in [0.25, 0.3) is 5.91 Å². The largest absolute Gasteiger partial charge is 0.477 e. The molecular formula is C20H15F2NO3S. The van der Waals surface area contributed by atoms with Crippen molar-refractivity contribution in [1.29, 1.82) is 0 Å². The van der Waals surface area contributed by atoms with Crippen molar-refractivity contribution >= 4 is 28.9 Å². The third-order valence-corrected chi connectivity index (χ3v) is 5.24. The number of rotatable bonds is 4. The van der Waals surface area contributed by atoms with Gasteiger partial charge in [-0.25, -0.2) is 13.6 Å². The quantitative estimate of drug-likeness (QED) is 0.687. The van der Waals surface area contributed by atoms with Gasteiger partial charge in [-0.05, 0) is 42.8 Å². The van der Waals surface area contributed by atoms with Gasteiger partial charge in [-0.15, -0.1) is 11.3 Å². The van der Waals surface area contributed by atoms with Gasteiger partial charge in [0.05, 0.1) is 5.69 Å². The van der Waals surface area contributed by atoms with Crippen LogP contribution in [0.25, 0.3) is 10.4 Å². The number of carbonyl (C=O) groups excluding carboxylic acids is 1. The van der Waals surface area contributed by atoms with Crippen LogP contribution in [-0.4, -0.2) is 24.0 Å². The van der Waals surface area contributed by atoms with Crippen molar-refractivity contribution in [3.63, 3.8) is 0 Å². The van der Waals surface area contributed by atoms with Gasteiger partial charge in [-0.2, -0.15) is 0 Å². The van der Waals surface area contributed by atoms with Crippen LogP contribution in [0.2, 0.25) is 0 Å². The third kappa shape index (κ3) is 3.73. The van der Waals surface area contributed by atoms with Crippen molar-refractivity contribution in [1.82, 2.24) is 0 Å². The average molecular weight is 387 g/mol. The fourth-order valence-corrected chi connectivity index (χ4v) is 3.60. The highest BCUT2D eigenvalue weighted by atomic mass is 32.1. The Kier molecular flexibility index (Phi) is 5.05. The molecule has 0 spiro atoms. The molecule has 0 fully saturated rings. The number of hydrogen-bond acceptors (Lipinski definition) is 3. The zero-order valence-corrected chi connectivity index (χ0v) is 15.3. The number of anilines is 1. The molecule has 0 unspecified atom stereocenters. The smallest absolute Gasteiger partial charge is 0.348 e. The number of carbonyl (C=O) groups is 2. The van der Waals surface area contributed by atoms with Gasteiger partial charge in [0.2, 0.25) is 0 Å². The van der Waals surface area contributed by atoms with E-state index in [2.05, 4.69) is 0 Å². The van der Waals surface area contributed by atoms with Crippen LogP contribution in [0.5, 0.6) is 0 Å². The lowest BCUT2D eigenvalue weighted by molar-refractivity contribution is 0.0703. The van der Waals surface area contributed by atoms with Gasteiger partial charge in [0.15, 0.2) is 11.6 Å². The zero-order valence-electron chi connectivity index (χ0n) is 14.5. The molecule has 138 valence electrons. The van der Waals surface area contributed by atoms with Gasteiger partial charge in [-0.3, -0.25) is 4.79 Å². The van der Waals surface area contributed by atoms with Crippen molar-refractivity contribution in [3.05, 3.63) is 76.2 Å². The van der Waals surface area contributed by atoms with Crippen LogP contribution in [-0.2, 0) is 0 Å². The number of benzene rings is 2. The molecule has 1 N–H and O–H groups in total. The molecule has 0 saturated carbocycles. The van der Waals surface area contributed by atoms with E-state index in [0.29, 0.717) is 16.0 Å². The Hall–Kier alpha value is -3.06. The summed E-state index contributed by atoms with van der Waals surface area (Å²) in [6.07, 6.45) is 0. The zero-order chi connectivity index (χ0) is 19.7. The number of amides is 1. The van der Waals surface area contributed by atoms with Crippen molar-refractivity contribution in [3.8, 4) is 10.4 Å². The summed E-state index contributed by atoms with van der Waals surface area (Å²) in [4.78, 5) is 25.9. The molecule has 27 heavy (non-hydrogen) atoms. The Morgan fingerprint density at radius 2 is 1.67 bits per heavy atom. The average Bonchev–Trinajstić information content (AvgIpc) is 3.09. The second kappa shape index (κ2) is 7.28. The maximum Gasteiger partial charge on any atom is 0.348 e. The van der Waals surface area contributed by atoms with E-state index in [0.717, 1.165) is 29.0 Å². The number of carboxylic acid groups (broad SMARTS) is 1. The Morgan fingerprint density at radius 1 is 1.00 bits per heavy atom. The van der Waals surface area contributed by atoms with Crippen molar-refractivity contribution in [2.75, 3.05) is 11.9 Å². The molecule has 0 aliphatic rings. The number of halogens is 2. The lowest BCUT2D eigenvalue weighted by atomic mass is 10.1. The standard InChI is InChI=1S/C20H15F2NO3S/c1-11-3-5-12(6-4-11)19(24)23(2)16-10-17(27-18(16)20(25)26)13-7-8-14(21)15(22)9-13/h3-10H,1-2H3,(H,25,26). The highest BCUT2D eigenvalue weighted by Gasteiger charge is 2.23. The third-order valence-electron chi connectivity index (χ3n) is 4.08. The molecule has 1 amide bonds. The number of aromatic carboxylic acids is 1. The fraction of sp³-hybridized carbons (Fsp3) is 0.100. The number of aryl methyl sites for hydroxylation is 1. The predicted molar refractivity (Wildman–Crippen MR) is 101 cm³/mol. The highest BCUT2D eigenvalue weighted by Crippen LogP contribution is 2.37. The Balaban J connectivity index is 2.02. The maximum atomic E-state index is 13.5. The Bertz CT molecular complexity index is 1030. The van der Waals surface area contributed by atoms with E-state index in [1.807, 2.05) is 6.92 Å². The summed E-state index contributed by atoms with van der Waals surface area (Å²) in [5.74, 6) is -3.58. The van der Waals surface area contributed by atoms with Crippen LogP contribution < -0.4 is 4.90 Å². The summed E-state index contributed by atoms with van der Waals surface area (Å²) in [5, 5.41) is 9.50. The van der Waals surface area contributed by atoms with E-state index in [9.17, 15) is 23.5 Å². The number of hydrogen-bond donors (Lipinski definition) is 1. The number of nitrogens with zero attached hydrogens (tertiary/aromatic N) is 1. The molecule has 0 saturated heterocycles. The molecule has 0 aliphatic heterocycles. The molecule has 0 radical (unpaired) electrons. The van der Waals surface area contributed by atoms with Crippen LogP contribution in [0.4, 0.5) is 14.5 Å². The summed E-state index contributed by atoms with van der Waals surface area (Å²) < 4.78 is 26.7. The minimum absolute atomic E-state index is 0.0577. The van der Waals surface area contributed by atoms with E-state index >= 15 is 0 Å². The van der Waals surface area contributed by atoms with Crippen LogP contribution in [0.15, 0.2) is 48.5 Å². The Labute approximate surface area is 158 Å². The van der Waals surface area contributed by atoms with Gasteiger partial charge >= 0.3 is 5.97 Å². The summed E-state index contributed by atoms with van der Waals surface area (Å²) in [6, 6.07) is 11.7.